The molecule has 1 aliphatic heterocycles. The number of hydrogen-bond acceptors (Lipinski definition) is 3. The minimum Gasteiger partial charge on any atom is -0.453 e. The summed E-state index contributed by atoms with van der Waals surface area (Å²) in [6.45, 7) is 3.90. The molecule has 2 amide bonds. The molecule has 0 N–H and O–H groups in total. The van der Waals surface area contributed by atoms with Gasteiger partial charge < -0.3 is 14.5 Å². The third-order valence-corrected chi connectivity index (χ3v) is 4.06. The van der Waals surface area contributed by atoms with Gasteiger partial charge >= 0.3 is 6.09 Å². The van der Waals surface area contributed by atoms with Gasteiger partial charge in [0, 0.05) is 31.7 Å². The van der Waals surface area contributed by atoms with Crippen LogP contribution in [0.4, 0.5) is 10.5 Å². The Hall–Kier alpha value is -2.04. The van der Waals surface area contributed by atoms with Crippen LogP contribution < -0.4 is 4.90 Å². The minimum absolute atomic E-state index is 0.112. The number of likely N-dealkylation sites (tertiary alicyclic amines) is 1. The number of rotatable bonds is 4. The number of carbonyl (C=O) groups excluding carboxylic acids is 2. The highest BCUT2D eigenvalue weighted by Crippen LogP contribution is 2.22. The number of hydrogen-bond donors (Lipinski definition) is 0. The van der Waals surface area contributed by atoms with Gasteiger partial charge in [0.1, 0.15) is 0 Å². The number of benzene rings is 1. The van der Waals surface area contributed by atoms with Gasteiger partial charge in [-0.15, -0.1) is 0 Å². The van der Waals surface area contributed by atoms with Gasteiger partial charge in [-0.25, -0.2) is 4.79 Å². The summed E-state index contributed by atoms with van der Waals surface area (Å²) in [5.74, 6) is 0.393. The number of carbonyl (C=O) groups is 2. The molecule has 1 aliphatic rings. The summed E-state index contributed by atoms with van der Waals surface area (Å²) in [6.07, 6.45) is 2.16. The molecule has 120 valence electrons. The van der Waals surface area contributed by atoms with Crippen molar-refractivity contribution in [1.29, 1.82) is 0 Å². The van der Waals surface area contributed by atoms with Crippen LogP contribution in [-0.4, -0.2) is 43.6 Å². The van der Waals surface area contributed by atoms with E-state index >= 15 is 0 Å². The Morgan fingerprint density at radius 2 is 2.05 bits per heavy atom. The first-order valence-corrected chi connectivity index (χ1v) is 7.84. The first-order chi connectivity index (χ1) is 10.7. The van der Waals surface area contributed by atoms with E-state index in [2.05, 4.69) is 0 Å². The largest absolute Gasteiger partial charge is 0.453 e. The second-order valence-electron chi connectivity index (χ2n) is 5.62. The predicted octanol–water partition coefficient (Wildman–Crippen LogP) is 2.91. The van der Waals surface area contributed by atoms with Crippen molar-refractivity contribution < 1.29 is 14.3 Å². The Morgan fingerprint density at radius 3 is 2.68 bits per heavy atom. The molecule has 1 aromatic rings. The Bertz CT molecular complexity index is 504. The topological polar surface area (TPSA) is 49.9 Å². The molecule has 0 saturated carbocycles. The lowest BCUT2D eigenvalue weighted by Crippen LogP contribution is -2.45. The molecule has 1 saturated heterocycles. The molecule has 1 heterocycles. The van der Waals surface area contributed by atoms with Crippen molar-refractivity contribution in [3.8, 4) is 0 Å². The van der Waals surface area contributed by atoms with E-state index in [1.165, 1.54) is 7.11 Å². The zero-order valence-electron chi connectivity index (χ0n) is 13.3. The Labute approximate surface area is 131 Å². The second-order valence-corrected chi connectivity index (χ2v) is 5.62. The molecule has 0 radical (unpaired) electrons. The van der Waals surface area contributed by atoms with Gasteiger partial charge in [0.2, 0.25) is 5.91 Å². The zero-order valence-corrected chi connectivity index (χ0v) is 13.3. The Morgan fingerprint density at radius 1 is 1.32 bits per heavy atom. The van der Waals surface area contributed by atoms with Crippen LogP contribution in [-0.2, 0) is 9.53 Å². The van der Waals surface area contributed by atoms with Crippen molar-refractivity contribution in [2.24, 2.45) is 5.92 Å². The lowest BCUT2D eigenvalue weighted by molar-refractivity contribution is -0.118. The number of ether oxygens (including phenoxy) is 1. The first-order valence-electron chi connectivity index (χ1n) is 7.84. The summed E-state index contributed by atoms with van der Waals surface area (Å²) in [5, 5.41) is 0. The fourth-order valence-corrected chi connectivity index (χ4v) is 2.92. The number of methoxy groups -OCH3 is 1. The molecule has 2 rings (SSSR count). The summed E-state index contributed by atoms with van der Waals surface area (Å²) >= 11 is 0. The highest BCUT2D eigenvalue weighted by molar-refractivity contribution is 5.93. The maximum absolute atomic E-state index is 12.3. The highest BCUT2D eigenvalue weighted by atomic mass is 16.5. The lowest BCUT2D eigenvalue weighted by Gasteiger charge is -2.35. The normalized spacial score (nSPS) is 17.9. The molecule has 0 bridgehead atoms. The van der Waals surface area contributed by atoms with E-state index in [1.54, 1.807) is 4.90 Å². The van der Waals surface area contributed by atoms with Gasteiger partial charge in [-0.1, -0.05) is 25.1 Å². The fourth-order valence-electron chi connectivity index (χ4n) is 2.92. The molecule has 5 nitrogen and oxygen atoms in total. The summed E-state index contributed by atoms with van der Waals surface area (Å²) in [6, 6.07) is 9.72. The van der Waals surface area contributed by atoms with Crippen LogP contribution in [0.1, 0.15) is 26.2 Å². The van der Waals surface area contributed by atoms with Gasteiger partial charge in [0.15, 0.2) is 0 Å². The van der Waals surface area contributed by atoms with E-state index in [0.29, 0.717) is 19.5 Å². The van der Waals surface area contributed by atoms with E-state index in [1.807, 2.05) is 42.2 Å². The minimum atomic E-state index is -0.280. The van der Waals surface area contributed by atoms with E-state index in [4.69, 9.17) is 4.74 Å². The van der Waals surface area contributed by atoms with Crippen molar-refractivity contribution in [3.05, 3.63) is 30.3 Å². The average Bonchev–Trinajstić information content (AvgIpc) is 2.59. The van der Waals surface area contributed by atoms with Crippen LogP contribution in [0.5, 0.6) is 0 Å². The molecule has 0 aromatic heterocycles. The summed E-state index contributed by atoms with van der Waals surface area (Å²) < 4.78 is 4.80. The molecule has 0 spiro atoms. The van der Waals surface area contributed by atoms with Crippen molar-refractivity contribution in [2.45, 2.75) is 26.2 Å². The van der Waals surface area contributed by atoms with Crippen LogP contribution in [0, 0.1) is 5.92 Å². The molecular formula is C17H24N2O3. The maximum atomic E-state index is 12.3. The lowest BCUT2D eigenvalue weighted by atomic mass is 9.97. The van der Waals surface area contributed by atoms with Crippen molar-refractivity contribution in [2.75, 3.05) is 31.6 Å². The van der Waals surface area contributed by atoms with Crippen LogP contribution in [0.3, 0.4) is 0 Å². The third kappa shape index (κ3) is 4.00. The van der Waals surface area contributed by atoms with Gasteiger partial charge in [0.05, 0.1) is 7.11 Å². The first kappa shape index (κ1) is 16.3. The number of amides is 2. The molecule has 0 aliphatic carbocycles. The van der Waals surface area contributed by atoms with Gasteiger partial charge in [0.25, 0.3) is 0 Å². The van der Waals surface area contributed by atoms with Crippen LogP contribution in [0.2, 0.25) is 0 Å². The van der Waals surface area contributed by atoms with Crippen molar-refractivity contribution in [1.82, 2.24) is 4.90 Å². The molecule has 5 heteroatoms. The fraction of sp³-hybridized carbons (Fsp3) is 0.529. The Kier molecular flexibility index (Phi) is 5.81. The molecule has 0 unspecified atom stereocenters. The smallest absolute Gasteiger partial charge is 0.409 e. The van der Waals surface area contributed by atoms with E-state index in [-0.39, 0.29) is 17.9 Å². The standard InChI is InChI=1S/C17H24N2O3/c1-3-16(20)19(15-9-5-4-6-10-15)13-14-8-7-11-18(12-14)17(21)22-2/h4-6,9-10,14H,3,7-8,11-13H2,1-2H3/t14-/m1/s1. The van der Waals surface area contributed by atoms with E-state index in [0.717, 1.165) is 25.1 Å². The van der Waals surface area contributed by atoms with Gasteiger partial charge in [-0.2, -0.15) is 0 Å². The average molecular weight is 304 g/mol. The number of piperidine rings is 1. The predicted molar refractivity (Wildman–Crippen MR) is 85.8 cm³/mol. The van der Waals surface area contributed by atoms with Gasteiger partial charge in [-0.3, -0.25) is 4.79 Å². The van der Waals surface area contributed by atoms with Crippen LogP contribution in [0.25, 0.3) is 0 Å². The second kappa shape index (κ2) is 7.82. The summed E-state index contributed by atoms with van der Waals surface area (Å²) in [7, 11) is 1.41. The molecule has 1 atom stereocenters. The summed E-state index contributed by atoms with van der Waals surface area (Å²) in [5.41, 5.74) is 0.921. The SMILES string of the molecule is CCC(=O)N(C[C@@H]1CCCN(C(=O)OC)C1)c1ccccc1. The quantitative estimate of drug-likeness (QED) is 0.859. The monoisotopic (exact) mass is 304 g/mol. The molecule has 22 heavy (non-hydrogen) atoms. The van der Waals surface area contributed by atoms with E-state index < -0.39 is 0 Å². The van der Waals surface area contributed by atoms with E-state index in [9.17, 15) is 9.59 Å². The molecular weight excluding hydrogens is 280 g/mol. The zero-order chi connectivity index (χ0) is 15.9. The van der Waals surface area contributed by atoms with Crippen LogP contribution >= 0.6 is 0 Å². The number of nitrogens with zero attached hydrogens (tertiary/aromatic N) is 2. The van der Waals surface area contributed by atoms with Crippen LogP contribution in [0.15, 0.2) is 30.3 Å². The highest BCUT2D eigenvalue weighted by Gasteiger charge is 2.27. The maximum Gasteiger partial charge on any atom is 0.409 e. The molecule has 1 aromatic carbocycles. The Balaban J connectivity index is 2.07. The van der Waals surface area contributed by atoms with Gasteiger partial charge in [-0.05, 0) is 30.9 Å². The van der Waals surface area contributed by atoms with Crippen molar-refractivity contribution in [3.63, 3.8) is 0 Å². The number of anilines is 1. The molecule has 1 fully saturated rings. The summed E-state index contributed by atoms with van der Waals surface area (Å²) in [4.78, 5) is 27.5. The number of para-hydroxylation sites is 1. The third-order valence-electron chi connectivity index (χ3n) is 4.06. The van der Waals surface area contributed by atoms with Crippen molar-refractivity contribution >= 4 is 17.7 Å².